The van der Waals surface area contributed by atoms with Gasteiger partial charge in [-0.1, -0.05) is 133 Å². The fourth-order valence-corrected chi connectivity index (χ4v) is 8.46. The average molecular weight is 731 g/mol. The van der Waals surface area contributed by atoms with Crippen molar-refractivity contribution in [3.05, 3.63) is 182 Å². The van der Waals surface area contributed by atoms with Crippen molar-refractivity contribution in [2.45, 2.75) is 0 Å². The van der Waals surface area contributed by atoms with E-state index in [0.717, 1.165) is 99.2 Å². The molecule has 57 heavy (non-hydrogen) atoms. The first-order chi connectivity index (χ1) is 28.3. The maximum absolute atomic E-state index is 7.12. The van der Waals surface area contributed by atoms with E-state index in [9.17, 15) is 0 Å². The van der Waals surface area contributed by atoms with Crippen LogP contribution in [0.1, 0.15) is 0 Å². The average Bonchev–Trinajstić information content (AvgIpc) is 3.96. The molecule has 6 heteroatoms. The second-order valence-electron chi connectivity index (χ2n) is 14.3. The molecule has 0 radical (unpaired) electrons. The van der Waals surface area contributed by atoms with Crippen LogP contribution in [-0.2, 0) is 0 Å². The number of hydrogen-bond donors (Lipinski definition) is 0. The molecule has 0 saturated carbocycles. The van der Waals surface area contributed by atoms with Crippen LogP contribution in [0.25, 0.3) is 117 Å². The zero-order valence-electron chi connectivity index (χ0n) is 30.4. The van der Waals surface area contributed by atoms with Gasteiger partial charge >= 0.3 is 0 Å². The molecule has 0 amide bonds. The lowest BCUT2D eigenvalue weighted by Crippen LogP contribution is -2.00. The number of para-hydroxylation sites is 4. The van der Waals surface area contributed by atoms with E-state index in [0.29, 0.717) is 17.5 Å². The summed E-state index contributed by atoms with van der Waals surface area (Å²) in [4.78, 5) is 15.1. The molecule has 0 unspecified atom stereocenters. The molecule has 0 aliphatic heterocycles. The van der Waals surface area contributed by atoms with Gasteiger partial charge in [-0.2, -0.15) is 0 Å². The highest BCUT2D eigenvalue weighted by Gasteiger charge is 2.23. The maximum Gasteiger partial charge on any atom is 0.167 e. The molecular weight excluding hydrogens is 701 g/mol. The minimum Gasteiger partial charge on any atom is -0.455 e. The van der Waals surface area contributed by atoms with Crippen molar-refractivity contribution in [3.63, 3.8) is 0 Å². The van der Waals surface area contributed by atoms with Crippen LogP contribution in [0.5, 0.6) is 0 Å². The Morgan fingerprint density at radius 3 is 1.65 bits per heavy atom. The summed E-state index contributed by atoms with van der Waals surface area (Å²) in [5, 5.41) is 6.36. The van der Waals surface area contributed by atoms with Crippen molar-refractivity contribution < 1.29 is 8.83 Å². The van der Waals surface area contributed by atoms with Crippen molar-refractivity contribution in [1.29, 1.82) is 0 Å². The lowest BCUT2D eigenvalue weighted by atomic mass is 10.00. The Balaban J connectivity index is 1.13. The summed E-state index contributed by atoms with van der Waals surface area (Å²) in [6, 6.07) is 62.6. The van der Waals surface area contributed by atoms with Gasteiger partial charge in [-0.15, -0.1) is 0 Å². The highest BCUT2D eigenvalue weighted by molar-refractivity contribution is 6.25. The topological polar surface area (TPSA) is 69.9 Å². The highest BCUT2D eigenvalue weighted by Crippen LogP contribution is 2.44. The summed E-state index contributed by atoms with van der Waals surface area (Å²) in [6.45, 7) is 0. The summed E-state index contributed by atoms with van der Waals surface area (Å²) in [5.41, 5.74) is 11.3. The molecule has 0 aliphatic carbocycles. The third-order valence-corrected chi connectivity index (χ3v) is 11.1. The molecule has 0 atom stereocenters. The zero-order chi connectivity index (χ0) is 37.5. The van der Waals surface area contributed by atoms with Crippen LogP contribution in [0.3, 0.4) is 0 Å². The molecule has 12 aromatic rings. The van der Waals surface area contributed by atoms with E-state index >= 15 is 0 Å². The van der Waals surface area contributed by atoms with Crippen LogP contribution >= 0.6 is 0 Å². The summed E-state index contributed by atoms with van der Waals surface area (Å²) in [7, 11) is 0. The normalized spacial score (nSPS) is 11.9. The summed E-state index contributed by atoms with van der Waals surface area (Å²) >= 11 is 0. The lowest BCUT2D eigenvalue weighted by molar-refractivity contribution is 0.670. The van der Waals surface area contributed by atoms with Gasteiger partial charge in [0, 0.05) is 49.3 Å². The first-order valence-corrected chi connectivity index (χ1v) is 19.0. The summed E-state index contributed by atoms with van der Waals surface area (Å²) < 4.78 is 16.0. The van der Waals surface area contributed by atoms with E-state index in [4.69, 9.17) is 23.8 Å². The molecular formula is C51H30N4O2. The second kappa shape index (κ2) is 12.3. The van der Waals surface area contributed by atoms with Crippen LogP contribution < -0.4 is 0 Å². The third kappa shape index (κ3) is 4.87. The van der Waals surface area contributed by atoms with Crippen molar-refractivity contribution in [2.24, 2.45) is 0 Å². The smallest absolute Gasteiger partial charge is 0.167 e. The van der Waals surface area contributed by atoms with Gasteiger partial charge in [-0.25, -0.2) is 15.0 Å². The van der Waals surface area contributed by atoms with Crippen LogP contribution in [0.2, 0.25) is 0 Å². The number of nitrogens with zero attached hydrogens (tertiary/aromatic N) is 4. The standard InChI is InChI=1S/C51H30N4O2/c1-4-14-31(15-5-1)49-52-50(32-16-6-2-7-17-32)54-51(53-49)40-24-13-23-38-39-27-29-43-45(48(39)57-47(38)40)41-30-33(26-28-42(41)55(43)34-18-8-3-9-19-34)35-21-12-22-37-36-20-10-11-25-44(36)56-46(35)37/h1-30H. The first kappa shape index (κ1) is 31.5. The van der Waals surface area contributed by atoms with Gasteiger partial charge in [-0.3, -0.25) is 0 Å². The minimum absolute atomic E-state index is 0.552. The number of fused-ring (bicyclic) bond motifs is 10. The van der Waals surface area contributed by atoms with Crippen LogP contribution in [0.4, 0.5) is 0 Å². The van der Waals surface area contributed by atoms with E-state index in [1.807, 2.05) is 78.9 Å². The van der Waals surface area contributed by atoms with Crippen LogP contribution in [0, 0.1) is 0 Å². The molecule has 0 bridgehead atoms. The minimum atomic E-state index is 0.552. The molecule has 8 aromatic carbocycles. The van der Waals surface area contributed by atoms with Gasteiger partial charge in [0.05, 0.1) is 22.0 Å². The van der Waals surface area contributed by atoms with Gasteiger partial charge in [0.25, 0.3) is 0 Å². The number of rotatable bonds is 5. The Labute approximate surface area is 325 Å². The number of aromatic nitrogens is 4. The first-order valence-electron chi connectivity index (χ1n) is 19.0. The van der Waals surface area contributed by atoms with Crippen molar-refractivity contribution in [2.75, 3.05) is 0 Å². The quantitative estimate of drug-likeness (QED) is 0.176. The SMILES string of the molecule is c1ccc(-c2nc(-c3ccccc3)nc(-c3cccc4c3oc3c4ccc4c3c3cc(-c5cccc6c5oc5ccccc56)ccc3n4-c3ccccc3)n2)cc1. The van der Waals surface area contributed by atoms with E-state index in [2.05, 4.69) is 108 Å². The predicted octanol–water partition coefficient (Wildman–Crippen LogP) is 13.4. The second-order valence-corrected chi connectivity index (χ2v) is 14.3. The molecule has 0 aliphatic rings. The molecule has 4 heterocycles. The Kier molecular flexibility index (Phi) is 6.83. The van der Waals surface area contributed by atoms with Crippen LogP contribution in [0.15, 0.2) is 191 Å². The Morgan fingerprint density at radius 2 is 0.912 bits per heavy atom. The van der Waals surface area contributed by atoms with Gasteiger partial charge in [0.1, 0.15) is 22.3 Å². The van der Waals surface area contributed by atoms with E-state index in [-0.39, 0.29) is 0 Å². The van der Waals surface area contributed by atoms with Gasteiger partial charge in [-0.05, 0) is 54.1 Å². The fraction of sp³-hybridized carbons (Fsp3) is 0. The monoisotopic (exact) mass is 730 g/mol. The van der Waals surface area contributed by atoms with Gasteiger partial charge < -0.3 is 13.4 Å². The Hall–Kier alpha value is -7.83. The lowest BCUT2D eigenvalue weighted by Gasteiger charge is -2.08. The highest BCUT2D eigenvalue weighted by atomic mass is 16.3. The van der Waals surface area contributed by atoms with E-state index in [1.165, 1.54) is 0 Å². The number of hydrogen-bond acceptors (Lipinski definition) is 5. The number of furan rings is 2. The van der Waals surface area contributed by atoms with Crippen LogP contribution in [-0.4, -0.2) is 19.5 Å². The predicted molar refractivity (Wildman–Crippen MR) is 230 cm³/mol. The molecule has 0 spiro atoms. The van der Waals surface area contributed by atoms with Crippen molar-refractivity contribution in [1.82, 2.24) is 19.5 Å². The summed E-state index contributed by atoms with van der Waals surface area (Å²) in [6.07, 6.45) is 0. The molecule has 0 fully saturated rings. The third-order valence-electron chi connectivity index (χ3n) is 11.1. The molecule has 6 nitrogen and oxygen atoms in total. The number of benzene rings is 8. The van der Waals surface area contributed by atoms with Gasteiger partial charge in [0.15, 0.2) is 17.5 Å². The molecule has 12 rings (SSSR count). The Morgan fingerprint density at radius 1 is 0.351 bits per heavy atom. The zero-order valence-corrected chi connectivity index (χ0v) is 30.4. The van der Waals surface area contributed by atoms with E-state index in [1.54, 1.807) is 0 Å². The van der Waals surface area contributed by atoms with E-state index < -0.39 is 0 Å². The van der Waals surface area contributed by atoms with Gasteiger partial charge in [0.2, 0.25) is 0 Å². The maximum atomic E-state index is 7.12. The summed E-state index contributed by atoms with van der Waals surface area (Å²) in [5.74, 6) is 1.76. The Bertz CT molecular complexity index is 3450. The van der Waals surface area contributed by atoms with Crippen molar-refractivity contribution >= 4 is 65.7 Å². The molecule has 0 N–H and O–H groups in total. The fourth-order valence-electron chi connectivity index (χ4n) is 8.46. The van der Waals surface area contributed by atoms with Crippen molar-refractivity contribution in [3.8, 4) is 51.0 Å². The largest absolute Gasteiger partial charge is 0.455 e. The molecule has 4 aromatic heterocycles. The molecule has 266 valence electrons. The molecule has 0 saturated heterocycles.